The maximum absolute atomic E-state index is 9.79. The first-order chi connectivity index (χ1) is 7.77. The fourth-order valence-electron chi connectivity index (χ4n) is 2.25. The van der Waals surface area contributed by atoms with E-state index in [2.05, 4.69) is 15.5 Å². The number of hydrogen-bond donors (Lipinski definition) is 2. The number of aliphatic hydroxyl groups is 1. The number of aromatic nitrogens is 3. The highest BCUT2D eigenvalue weighted by Gasteiger charge is 2.21. The molecule has 0 aliphatic heterocycles. The first kappa shape index (κ1) is 11.5. The molecule has 0 saturated heterocycles. The third-order valence-electron chi connectivity index (χ3n) is 3.29. The van der Waals surface area contributed by atoms with Crippen molar-refractivity contribution < 1.29 is 5.11 Å². The maximum Gasteiger partial charge on any atom is 0.133 e. The summed E-state index contributed by atoms with van der Waals surface area (Å²) in [4.78, 5) is 0. The van der Waals surface area contributed by atoms with Gasteiger partial charge in [-0.3, -0.25) is 0 Å². The molecule has 2 N–H and O–H groups in total. The molecular weight excluding hydrogens is 204 g/mol. The summed E-state index contributed by atoms with van der Waals surface area (Å²) < 4.78 is 1.93. The van der Waals surface area contributed by atoms with Crippen molar-refractivity contribution in [2.75, 3.05) is 6.54 Å². The van der Waals surface area contributed by atoms with Gasteiger partial charge in [0.15, 0.2) is 0 Å². The second-order valence-corrected chi connectivity index (χ2v) is 4.52. The summed E-state index contributed by atoms with van der Waals surface area (Å²) in [5.74, 6) is 0.984. The molecule has 1 saturated carbocycles. The number of aryl methyl sites for hydroxylation is 1. The Morgan fingerprint density at radius 2 is 2.31 bits per heavy atom. The summed E-state index contributed by atoms with van der Waals surface area (Å²) in [5, 5.41) is 21.1. The van der Waals surface area contributed by atoms with Crippen LogP contribution in [0.5, 0.6) is 0 Å². The van der Waals surface area contributed by atoms with Gasteiger partial charge in [-0.15, -0.1) is 10.2 Å². The Morgan fingerprint density at radius 3 is 3.00 bits per heavy atom. The van der Waals surface area contributed by atoms with Crippen LogP contribution in [0.15, 0.2) is 6.33 Å². The van der Waals surface area contributed by atoms with Gasteiger partial charge in [0, 0.05) is 26.1 Å². The normalized spacial score (nSPS) is 25.9. The molecule has 0 bridgehead atoms. The molecule has 90 valence electrons. The van der Waals surface area contributed by atoms with E-state index in [1.54, 1.807) is 6.33 Å². The van der Waals surface area contributed by atoms with Gasteiger partial charge in [-0.05, 0) is 12.8 Å². The van der Waals surface area contributed by atoms with E-state index in [1.807, 2.05) is 11.6 Å². The Labute approximate surface area is 95.9 Å². The van der Waals surface area contributed by atoms with Gasteiger partial charge < -0.3 is 15.0 Å². The zero-order valence-electron chi connectivity index (χ0n) is 9.76. The molecule has 2 atom stereocenters. The van der Waals surface area contributed by atoms with Crippen LogP contribution in [-0.2, 0) is 13.5 Å². The Bertz CT molecular complexity index is 326. The van der Waals surface area contributed by atoms with Crippen molar-refractivity contribution >= 4 is 0 Å². The third-order valence-corrected chi connectivity index (χ3v) is 3.29. The fourth-order valence-corrected chi connectivity index (χ4v) is 2.25. The van der Waals surface area contributed by atoms with E-state index in [0.29, 0.717) is 0 Å². The highest BCUT2D eigenvalue weighted by molar-refractivity contribution is 4.87. The minimum absolute atomic E-state index is 0.173. The lowest BCUT2D eigenvalue weighted by Crippen LogP contribution is -2.42. The molecule has 1 heterocycles. The smallest absolute Gasteiger partial charge is 0.133 e. The fraction of sp³-hybridized carbons (Fsp3) is 0.818. The van der Waals surface area contributed by atoms with Crippen LogP contribution in [0.2, 0.25) is 0 Å². The molecule has 1 aliphatic rings. The molecule has 1 aromatic rings. The molecule has 0 spiro atoms. The molecule has 0 radical (unpaired) electrons. The first-order valence-corrected chi connectivity index (χ1v) is 6.01. The largest absolute Gasteiger partial charge is 0.392 e. The van der Waals surface area contributed by atoms with Gasteiger partial charge in [0.2, 0.25) is 0 Å². The number of rotatable bonds is 4. The molecule has 1 aliphatic carbocycles. The van der Waals surface area contributed by atoms with Gasteiger partial charge in [0.1, 0.15) is 12.2 Å². The van der Waals surface area contributed by atoms with Gasteiger partial charge >= 0.3 is 0 Å². The van der Waals surface area contributed by atoms with Crippen LogP contribution in [-0.4, -0.2) is 38.6 Å². The molecule has 0 amide bonds. The standard InChI is InChI=1S/C11H20N4O/c1-15-8-13-14-11(15)6-7-12-9-4-2-3-5-10(9)16/h8-10,12,16H,2-7H2,1H3/t9-,10-/m0/s1. The van der Waals surface area contributed by atoms with Crippen molar-refractivity contribution in [1.82, 2.24) is 20.1 Å². The van der Waals surface area contributed by atoms with Crippen LogP contribution >= 0.6 is 0 Å². The number of nitrogens with one attached hydrogen (secondary N) is 1. The average molecular weight is 224 g/mol. The number of hydrogen-bond acceptors (Lipinski definition) is 4. The van der Waals surface area contributed by atoms with E-state index in [1.165, 1.54) is 6.42 Å². The van der Waals surface area contributed by atoms with Gasteiger partial charge in [-0.2, -0.15) is 0 Å². The second kappa shape index (κ2) is 5.41. The molecule has 0 aromatic carbocycles. The van der Waals surface area contributed by atoms with Crippen molar-refractivity contribution in [3.8, 4) is 0 Å². The predicted molar refractivity (Wildman–Crippen MR) is 61.0 cm³/mol. The maximum atomic E-state index is 9.79. The van der Waals surface area contributed by atoms with Gasteiger partial charge in [-0.25, -0.2) is 0 Å². The number of nitrogens with zero attached hydrogens (tertiary/aromatic N) is 3. The quantitative estimate of drug-likeness (QED) is 0.769. The molecule has 1 aromatic heterocycles. The minimum atomic E-state index is -0.173. The lowest BCUT2D eigenvalue weighted by atomic mass is 9.92. The number of aliphatic hydroxyl groups excluding tert-OH is 1. The highest BCUT2D eigenvalue weighted by atomic mass is 16.3. The van der Waals surface area contributed by atoms with Crippen LogP contribution in [0.25, 0.3) is 0 Å². The summed E-state index contributed by atoms with van der Waals surface area (Å²) in [6, 6.07) is 0.266. The Morgan fingerprint density at radius 1 is 1.50 bits per heavy atom. The lowest BCUT2D eigenvalue weighted by Gasteiger charge is -2.28. The van der Waals surface area contributed by atoms with E-state index in [0.717, 1.165) is 38.1 Å². The molecular formula is C11H20N4O. The summed E-state index contributed by atoms with van der Waals surface area (Å²) in [6.07, 6.45) is 6.79. The van der Waals surface area contributed by atoms with E-state index in [4.69, 9.17) is 0 Å². The molecule has 2 rings (SSSR count). The summed E-state index contributed by atoms with van der Waals surface area (Å²) in [7, 11) is 1.95. The zero-order chi connectivity index (χ0) is 11.4. The zero-order valence-corrected chi connectivity index (χ0v) is 9.76. The van der Waals surface area contributed by atoms with Crippen LogP contribution < -0.4 is 5.32 Å². The molecule has 5 nitrogen and oxygen atoms in total. The Hall–Kier alpha value is -0.940. The van der Waals surface area contributed by atoms with Crippen LogP contribution in [0.3, 0.4) is 0 Å². The van der Waals surface area contributed by atoms with E-state index < -0.39 is 0 Å². The Kier molecular flexibility index (Phi) is 3.90. The van der Waals surface area contributed by atoms with Crippen molar-refractivity contribution in [2.45, 2.75) is 44.2 Å². The average Bonchev–Trinajstić information content (AvgIpc) is 2.67. The van der Waals surface area contributed by atoms with Crippen molar-refractivity contribution in [2.24, 2.45) is 7.05 Å². The lowest BCUT2D eigenvalue weighted by molar-refractivity contribution is 0.0913. The van der Waals surface area contributed by atoms with E-state index >= 15 is 0 Å². The molecule has 0 unspecified atom stereocenters. The minimum Gasteiger partial charge on any atom is -0.392 e. The summed E-state index contributed by atoms with van der Waals surface area (Å²) in [6.45, 7) is 0.855. The van der Waals surface area contributed by atoms with Crippen molar-refractivity contribution in [1.29, 1.82) is 0 Å². The topological polar surface area (TPSA) is 63.0 Å². The predicted octanol–water partition coefficient (Wildman–Crippen LogP) is 0.251. The van der Waals surface area contributed by atoms with Crippen LogP contribution in [0.1, 0.15) is 31.5 Å². The second-order valence-electron chi connectivity index (χ2n) is 4.52. The van der Waals surface area contributed by atoms with E-state index in [9.17, 15) is 5.11 Å². The van der Waals surface area contributed by atoms with Crippen LogP contribution in [0.4, 0.5) is 0 Å². The van der Waals surface area contributed by atoms with E-state index in [-0.39, 0.29) is 12.1 Å². The van der Waals surface area contributed by atoms with Gasteiger partial charge in [0.25, 0.3) is 0 Å². The molecule has 5 heteroatoms. The molecule has 16 heavy (non-hydrogen) atoms. The van der Waals surface area contributed by atoms with Gasteiger partial charge in [0.05, 0.1) is 6.10 Å². The third kappa shape index (κ3) is 2.80. The Balaban J connectivity index is 1.73. The molecule has 1 fully saturated rings. The first-order valence-electron chi connectivity index (χ1n) is 6.01. The van der Waals surface area contributed by atoms with Crippen molar-refractivity contribution in [3.63, 3.8) is 0 Å². The van der Waals surface area contributed by atoms with Crippen molar-refractivity contribution in [3.05, 3.63) is 12.2 Å². The monoisotopic (exact) mass is 224 g/mol. The summed E-state index contributed by atoms with van der Waals surface area (Å²) in [5.41, 5.74) is 0. The van der Waals surface area contributed by atoms with Crippen LogP contribution in [0, 0.1) is 0 Å². The summed E-state index contributed by atoms with van der Waals surface area (Å²) >= 11 is 0. The SMILES string of the molecule is Cn1cnnc1CCN[C@H]1CCCC[C@@H]1O. The van der Waals surface area contributed by atoms with Gasteiger partial charge in [-0.1, -0.05) is 12.8 Å². The highest BCUT2D eigenvalue weighted by Crippen LogP contribution is 2.18.